The van der Waals surface area contributed by atoms with E-state index in [1.165, 1.54) is 12.8 Å². The molecule has 1 unspecified atom stereocenters. The molecule has 1 aliphatic heterocycles. The molecule has 3 heteroatoms. The summed E-state index contributed by atoms with van der Waals surface area (Å²) in [6.45, 7) is 10.7. The molecule has 2 N–H and O–H groups in total. The molecule has 0 radical (unpaired) electrons. The fraction of sp³-hybridized carbons (Fsp3) is 0.929. The Balaban J connectivity index is 2.35. The fourth-order valence-electron chi connectivity index (χ4n) is 2.66. The van der Waals surface area contributed by atoms with Crippen molar-refractivity contribution in [2.75, 3.05) is 13.1 Å². The van der Waals surface area contributed by atoms with E-state index in [1.807, 2.05) is 0 Å². The first kappa shape index (κ1) is 14.5. The van der Waals surface area contributed by atoms with Crippen molar-refractivity contribution in [1.82, 2.24) is 10.6 Å². The highest BCUT2D eigenvalue weighted by molar-refractivity contribution is 5.81. The Bertz CT molecular complexity index is 224. The molecule has 1 rings (SSSR count). The van der Waals surface area contributed by atoms with Crippen LogP contribution in [-0.4, -0.2) is 25.0 Å². The van der Waals surface area contributed by atoms with Gasteiger partial charge in [0, 0.05) is 6.54 Å². The Morgan fingerprint density at radius 3 is 2.35 bits per heavy atom. The monoisotopic (exact) mass is 240 g/mol. The summed E-state index contributed by atoms with van der Waals surface area (Å²) in [7, 11) is 0. The van der Waals surface area contributed by atoms with Crippen molar-refractivity contribution in [3.05, 3.63) is 0 Å². The molecule has 0 aromatic rings. The summed E-state index contributed by atoms with van der Waals surface area (Å²) in [5, 5.41) is 6.40. The van der Waals surface area contributed by atoms with Crippen LogP contribution in [0.25, 0.3) is 0 Å². The van der Waals surface area contributed by atoms with Crippen molar-refractivity contribution in [2.24, 2.45) is 17.8 Å². The first-order valence-electron chi connectivity index (χ1n) is 7.03. The molecule has 1 saturated heterocycles. The minimum Gasteiger partial charge on any atom is -0.354 e. The van der Waals surface area contributed by atoms with E-state index in [-0.39, 0.29) is 11.9 Å². The molecule has 100 valence electrons. The van der Waals surface area contributed by atoms with Gasteiger partial charge in [-0.1, -0.05) is 34.1 Å². The smallest absolute Gasteiger partial charge is 0.237 e. The van der Waals surface area contributed by atoms with E-state index in [1.54, 1.807) is 0 Å². The lowest BCUT2D eigenvalue weighted by Crippen LogP contribution is -2.48. The van der Waals surface area contributed by atoms with Crippen LogP contribution in [0.5, 0.6) is 0 Å². The van der Waals surface area contributed by atoms with Crippen molar-refractivity contribution in [3.63, 3.8) is 0 Å². The Kier molecular flexibility index (Phi) is 5.96. The third-order valence-electron chi connectivity index (χ3n) is 3.85. The van der Waals surface area contributed by atoms with Gasteiger partial charge < -0.3 is 10.6 Å². The van der Waals surface area contributed by atoms with Crippen LogP contribution < -0.4 is 10.6 Å². The van der Waals surface area contributed by atoms with Crippen molar-refractivity contribution in [2.45, 2.75) is 53.0 Å². The quantitative estimate of drug-likeness (QED) is 0.773. The topological polar surface area (TPSA) is 41.1 Å². The second-order valence-electron chi connectivity index (χ2n) is 5.90. The first-order valence-corrected chi connectivity index (χ1v) is 7.03. The molecule has 0 saturated carbocycles. The number of rotatable bonds is 5. The highest BCUT2D eigenvalue weighted by Crippen LogP contribution is 2.19. The Morgan fingerprint density at radius 1 is 1.24 bits per heavy atom. The lowest BCUT2D eigenvalue weighted by atomic mass is 9.85. The molecule has 3 nitrogen and oxygen atoms in total. The van der Waals surface area contributed by atoms with Crippen LogP contribution in [0.4, 0.5) is 0 Å². The van der Waals surface area contributed by atoms with Gasteiger partial charge in [-0.25, -0.2) is 0 Å². The predicted octanol–water partition coefficient (Wildman–Crippen LogP) is 2.17. The minimum atomic E-state index is 0.0451. The van der Waals surface area contributed by atoms with Crippen molar-refractivity contribution in [3.8, 4) is 0 Å². The molecule has 0 aromatic heterocycles. The van der Waals surface area contributed by atoms with Gasteiger partial charge in [0.2, 0.25) is 5.91 Å². The van der Waals surface area contributed by atoms with Gasteiger partial charge in [0.15, 0.2) is 0 Å². The first-order chi connectivity index (χ1) is 8.02. The number of amides is 1. The van der Waals surface area contributed by atoms with Crippen LogP contribution in [0.2, 0.25) is 0 Å². The largest absolute Gasteiger partial charge is 0.354 e. The lowest BCUT2D eigenvalue weighted by molar-refractivity contribution is -0.124. The standard InChI is InChI=1S/C14H28N2O/c1-10(2)12(11(3)4)9-16-14(17)13-7-5-6-8-15-13/h10-13,15H,5-9H2,1-4H3,(H,16,17). The fourth-order valence-corrected chi connectivity index (χ4v) is 2.66. The number of carbonyl (C=O) groups is 1. The number of hydrogen-bond acceptors (Lipinski definition) is 2. The number of nitrogens with one attached hydrogen (secondary N) is 2. The Labute approximate surface area is 106 Å². The summed E-state index contributed by atoms with van der Waals surface area (Å²) in [5.74, 6) is 2.00. The molecule has 1 atom stereocenters. The molecule has 0 aliphatic carbocycles. The van der Waals surface area contributed by atoms with Crippen LogP contribution in [0, 0.1) is 17.8 Å². The van der Waals surface area contributed by atoms with Gasteiger partial charge >= 0.3 is 0 Å². The van der Waals surface area contributed by atoms with E-state index in [4.69, 9.17) is 0 Å². The summed E-state index contributed by atoms with van der Waals surface area (Å²) in [5.41, 5.74) is 0. The molecule has 0 aromatic carbocycles. The van der Waals surface area contributed by atoms with Crippen molar-refractivity contribution in [1.29, 1.82) is 0 Å². The maximum absolute atomic E-state index is 12.0. The van der Waals surface area contributed by atoms with Crippen molar-refractivity contribution >= 4 is 5.91 Å². The number of piperidine rings is 1. The number of carbonyl (C=O) groups excluding carboxylic acids is 1. The highest BCUT2D eigenvalue weighted by atomic mass is 16.2. The molecule has 1 amide bonds. The van der Waals surface area contributed by atoms with Crippen LogP contribution in [0.3, 0.4) is 0 Å². The van der Waals surface area contributed by atoms with Gasteiger partial charge in [-0.3, -0.25) is 4.79 Å². The Morgan fingerprint density at radius 2 is 1.88 bits per heavy atom. The van der Waals surface area contributed by atoms with Gasteiger partial charge in [-0.05, 0) is 37.1 Å². The maximum Gasteiger partial charge on any atom is 0.237 e. The van der Waals surface area contributed by atoms with E-state index in [9.17, 15) is 4.79 Å². The maximum atomic E-state index is 12.0. The van der Waals surface area contributed by atoms with E-state index in [2.05, 4.69) is 38.3 Å². The zero-order valence-electron chi connectivity index (χ0n) is 11.8. The average molecular weight is 240 g/mol. The summed E-state index contributed by atoms with van der Waals surface area (Å²) < 4.78 is 0. The minimum absolute atomic E-state index is 0.0451. The number of hydrogen-bond donors (Lipinski definition) is 2. The summed E-state index contributed by atoms with van der Waals surface area (Å²) in [4.78, 5) is 12.0. The van der Waals surface area contributed by atoms with Gasteiger partial charge in [0.1, 0.15) is 0 Å². The van der Waals surface area contributed by atoms with Gasteiger partial charge in [-0.2, -0.15) is 0 Å². The van der Waals surface area contributed by atoms with Gasteiger partial charge in [-0.15, -0.1) is 0 Å². The normalized spacial score (nSPS) is 21.2. The molecule has 0 bridgehead atoms. The van der Waals surface area contributed by atoms with E-state index >= 15 is 0 Å². The molecule has 1 aliphatic rings. The van der Waals surface area contributed by atoms with Crippen LogP contribution in [0.15, 0.2) is 0 Å². The van der Waals surface area contributed by atoms with Gasteiger partial charge in [0.05, 0.1) is 6.04 Å². The van der Waals surface area contributed by atoms with E-state index in [0.717, 1.165) is 19.5 Å². The van der Waals surface area contributed by atoms with E-state index in [0.29, 0.717) is 17.8 Å². The molecule has 17 heavy (non-hydrogen) atoms. The third-order valence-corrected chi connectivity index (χ3v) is 3.85. The third kappa shape index (κ3) is 4.66. The molecule has 1 heterocycles. The summed E-state index contributed by atoms with van der Waals surface area (Å²) in [6.07, 6.45) is 3.35. The Hall–Kier alpha value is -0.570. The van der Waals surface area contributed by atoms with E-state index < -0.39 is 0 Å². The average Bonchev–Trinajstić information content (AvgIpc) is 2.29. The molecule has 0 spiro atoms. The molecule has 1 fully saturated rings. The zero-order valence-corrected chi connectivity index (χ0v) is 11.8. The van der Waals surface area contributed by atoms with Crippen molar-refractivity contribution < 1.29 is 4.79 Å². The summed E-state index contributed by atoms with van der Waals surface area (Å²) in [6, 6.07) is 0.0451. The second kappa shape index (κ2) is 7.00. The van der Waals surface area contributed by atoms with Crippen LogP contribution in [-0.2, 0) is 4.79 Å². The highest BCUT2D eigenvalue weighted by Gasteiger charge is 2.23. The molecular weight excluding hydrogens is 212 g/mol. The lowest BCUT2D eigenvalue weighted by Gasteiger charge is -2.27. The molecular formula is C14H28N2O. The van der Waals surface area contributed by atoms with Gasteiger partial charge in [0.25, 0.3) is 0 Å². The SMILES string of the molecule is CC(C)C(CNC(=O)C1CCCCN1)C(C)C. The van der Waals surface area contributed by atoms with Crippen LogP contribution in [0.1, 0.15) is 47.0 Å². The summed E-state index contributed by atoms with van der Waals surface area (Å²) >= 11 is 0. The second-order valence-corrected chi connectivity index (χ2v) is 5.90. The predicted molar refractivity (Wildman–Crippen MR) is 71.8 cm³/mol. The van der Waals surface area contributed by atoms with Crippen LogP contribution >= 0.6 is 0 Å². The zero-order chi connectivity index (χ0) is 12.8.